The monoisotopic (exact) mass is 605 g/mol. The topological polar surface area (TPSA) is 29.3 Å². The Bertz CT molecular complexity index is 2560. The molecule has 1 aromatic heterocycles. The predicted molar refractivity (Wildman–Crippen MR) is 196 cm³/mol. The maximum atomic E-state index is 5.73. The maximum Gasteiger partial charge on any atom is 0.208 e. The van der Waals surface area contributed by atoms with Crippen LogP contribution in [0, 0.1) is 0 Å². The minimum absolute atomic E-state index is 0.0827. The van der Waals surface area contributed by atoms with Gasteiger partial charge in [0.15, 0.2) is 0 Å². The lowest BCUT2D eigenvalue weighted by atomic mass is 9.75. The summed E-state index contributed by atoms with van der Waals surface area (Å²) < 4.78 is 2.36. The Morgan fingerprint density at radius 3 is 2.00 bits per heavy atom. The van der Waals surface area contributed by atoms with E-state index in [1.54, 1.807) is 0 Å². The molecule has 1 atom stereocenters. The van der Waals surface area contributed by atoms with Crippen LogP contribution in [0.15, 0.2) is 138 Å². The van der Waals surface area contributed by atoms with Crippen LogP contribution in [0.3, 0.4) is 0 Å². The highest BCUT2D eigenvalue weighted by Crippen LogP contribution is 2.55. The van der Waals surface area contributed by atoms with Crippen molar-refractivity contribution in [2.24, 2.45) is 4.99 Å². The molecule has 6 aromatic carbocycles. The van der Waals surface area contributed by atoms with Crippen molar-refractivity contribution in [3.63, 3.8) is 0 Å². The summed E-state index contributed by atoms with van der Waals surface area (Å²) in [7, 11) is 0. The fraction of sp³-hybridized carbons (Fsp3) is 0.159. The third-order valence-electron chi connectivity index (χ3n) is 11.2. The van der Waals surface area contributed by atoms with Crippen LogP contribution in [0.5, 0.6) is 0 Å². The van der Waals surface area contributed by atoms with Crippen LogP contribution >= 0.6 is 0 Å². The van der Waals surface area contributed by atoms with Crippen LogP contribution in [0.1, 0.15) is 61.6 Å². The summed E-state index contributed by atoms with van der Waals surface area (Å²) in [6.45, 7) is 9.45. The van der Waals surface area contributed by atoms with Crippen LogP contribution in [0.2, 0.25) is 0 Å². The number of hydrogen-bond donors (Lipinski definition) is 1. The number of para-hydroxylation sites is 1. The Balaban J connectivity index is 1.25. The maximum absolute atomic E-state index is 5.73. The molecule has 0 radical (unpaired) electrons. The summed E-state index contributed by atoms with van der Waals surface area (Å²) in [6.07, 6.45) is 0. The largest absolute Gasteiger partial charge is 0.325 e. The van der Waals surface area contributed by atoms with Crippen molar-refractivity contribution in [1.29, 1.82) is 0 Å². The molecule has 1 unspecified atom stereocenters. The van der Waals surface area contributed by atoms with Crippen molar-refractivity contribution in [2.45, 2.75) is 44.6 Å². The first-order chi connectivity index (χ1) is 22.8. The van der Waals surface area contributed by atoms with Gasteiger partial charge in [0.25, 0.3) is 0 Å². The van der Waals surface area contributed by atoms with Crippen molar-refractivity contribution in [1.82, 2.24) is 9.88 Å². The van der Waals surface area contributed by atoms with E-state index < -0.39 is 0 Å². The van der Waals surface area contributed by atoms with E-state index in [0.717, 1.165) is 17.0 Å². The average molecular weight is 606 g/mol. The summed E-state index contributed by atoms with van der Waals surface area (Å²) in [5.74, 6) is 0.866. The third-order valence-corrected chi connectivity index (χ3v) is 11.2. The summed E-state index contributed by atoms with van der Waals surface area (Å²) in [5, 5.41) is 8.89. The van der Waals surface area contributed by atoms with Gasteiger partial charge >= 0.3 is 0 Å². The number of aliphatic imine (C=N–C) groups is 1. The first-order valence-corrected chi connectivity index (χ1v) is 16.7. The number of fused-ring (bicyclic) bond motifs is 9. The molecule has 47 heavy (non-hydrogen) atoms. The van der Waals surface area contributed by atoms with Crippen molar-refractivity contribution in [3.8, 4) is 11.1 Å². The molecule has 3 aliphatic rings. The van der Waals surface area contributed by atoms with Gasteiger partial charge in [-0.15, -0.1) is 0 Å². The molecule has 0 saturated carbocycles. The van der Waals surface area contributed by atoms with Gasteiger partial charge in [-0.3, -0.25) is 4.57 Å². The van der Waals surface area contributed by atoms with Crippen molar-refractivity contribution >= 4 is 44.2 Å². The molecule has 0 spiro atoms. The predicted octanol–water partition coefficient (Wildman–Crippen LogP) is 10.5. The molecule has 1 aliphatic heterocycles. The molecule has 2 aliphatic carbocycles. The molecule has 3 heteroatoms. The molecule has 1 N–H and O–H groups in total. The highest BCUT2D eigenvalue weighted by atomic mass is 15.2. The van der Waals surface area contributed by atoms with E-state index >= 15 is 0 Å². The molecule has 10 rings (SSSR count). The van der Waals surface area contributed by atoms with Gasteiger partial charge in [0.05, 0.1) is 16.7 Å². The molecule has 3 nitrogen and oxygen atoms in total. The normalized spacial score (nSPS) is 18.6. The minimum atomic E-state index is -0.187. The number of rotatable bonds is 1. The Hall–Kier alpha value is -5.41. The lowest BCUT2D eigenvalue weighted by Crippen LogP contribution is -2.35. The highest BCUT2D eigenvalue weighted by Gasteiger charge is 2.45. The fourth-order valence-corrected chi connectivity index (χ4v) is 8.92. The van der Waals surface area contributed by atoms with Gasteiger partial charge in [0.1, 0.15) is 6.04 Å². The molecule has 0 saturated heterocycles. The highest BCUT2D eigenvalue weighted by molar-refractivity contribution is 6.18. The number of benzene rings is 6. The Morgan fingerprint density at radius 1 is 0.553 bits per heavy atom. The molecule has 7 aromatic rings. The van der Waals surface area contributed by atoms with Crippen LogP contribution < -0.4 is 5.32 Å². The summed E-state index contributed by atoms with van der Waals surface area (Å²) in [6, 6.07) is 46.8. The molecule has 226 valence electrons. The Labute approximate surface area is 274 Å². The lowest BCUT2D eigenvalue weighted by Gasteiger charge is -2.33. The summed E-state index contributed by atoms with van der Waals surface area (Å²) in [4.78, 5) is 5.73. The molecular weight excluding hydrogens is 571 g/mol. The Kier molecular flexibility index (Phi) is 5.19. The van der Waals surface area contributed by atoms with Gasteiger partial charge in [0.2, 0.25) is 5.96 Å². The van der Waals surface area contributed by atoms with Gasteiger partial charge in [-0.05, 0) is 67.9 Å². The van der Waals surface area contributed by atoms with Crippen LogP contribution in [0.25, 0.3) is 49.4 Å². The smallest absolute Gasteiger partial charge is 0.208 e. The van der Waals surface area contributed by atoms with Crippen molar-refractivity contribution in [2.75, 3.05) is 0 Å². The zero-order valence-corrected chi connectivity index (χ0v) is 27.1. The van der Waals surface area contributed by atoms with E-state index in [0.29, 0.717) is 0 Å². The zero-order valence-electron chi connectivity index (χ0n) is 27.1. The van der Waals surface area contributed by atoms with E-state index in [1.165, 1.54) is 71.8 Å². The van der Waals surface area contributed by atoms with Crippen molar-refractivity contribution < 1.29 is 0 Å². The number of hydrogen-bond acceptors (Lipinski definition) is 2. The van der Waals surface area contributed by atoms with Crippen molar-refractivity contribution in [3.05, 3.63) is 161 Å². The zero-order chi connectivity index (χ0) is 31.7. The SMILES string of the molecule is CC1(C)C2=C(NC(n3c4ccccc4c4cc5ccccc5cc43)=NC2c2ccc3c(c2)C(C)(C)c2ccccc2-3)c2ccccc21. The van der Waals surface area contributed by atoms with Gasteiger partial charge < -0.3 is 5.32 Å². The Morgan fingerprint density at radius 2 is 1.19 bits per heavy atom. The summed E-state index contributed by atoms with van der Waals surface area (Å²) in [5.41, 5.74) is 13.9. The third kappa shape index (κ3) is 3.49. The summed E-state index contributed by atoms with van der Waals surface area (Å²) >= 11 is 0. The first kappa shape index (κ1) is 26.8. The van der Waals surface area contributed by atoms with E-state index in [1.807, 2.05) is 0 Å². The number of aromatic nitrogens is 1. The van der Waals surface area contributed by atoms with Crippen LogP contribution in [0.4, 0.5) is 0 Å². The second kappa shape index (κ2) is 9.11. The molecule has 0 bridgehead atoms. The lowest BCUT2D eigenvalue weighted by molar-refractivity contribution is 0.574. The van der Waals surface area contributed by atoms with Gasteiger partial charge in [-0.25, -0.2) is 4.99 Å². The molecular formula is C44H35N3. The van der Waals surface area contributed by atoms with E-state index in [4.69, 9.17) is 4.99 Å². The first-order valence-electron chi connectivity index (χ1n) is 16.7. The van der Waals surface area contributed by atoms with Gasteiger partial charge in [-0.2, -0.15) is 0 Å². The van der Waals surface area contributed by atoms with E-state index in [9.17, 15) is 0 Å². The van der Waals surface area contributed by atoms with Crippen LogP contribution in [-0.4, -0.2) is 10.5 Å². The number of nitrogens with one attached hydrogen (secondary N) is 1. The minimum Gasteiger partial charge on any atom is -0.325 e. The fourth-order valence-electron chi connectivity index (χ4n) is 8.92. The van der Waals surface area contributed by atoms with E-state index in [2.05, 4.69) is 165 Å². The molecule has 2 heterocycles. The molecule has 0 fully saturated rings. The number of nitrogens with zero attached hydrogens (tertiary/aromatic N) is 2. The quantitative estimate of drug-likeness (QED) is 0.198. The molecule has 0 amide bonds. The van der Waals surface area contributed by atoms with Gasteiger partial charge in [-0.1, -0.05) is 137 Å². The second-order valence-electron chi connectivity index (χ2n) is 14.5. The average Bonchev–Trinajstić information content (AvgIpc) is 3.63. The standard InChI is InChI=1S/C44H35N3/c1-43(2)34-18-10-7-15-29(34)30-22-21-28(24-36(30)43)40-39-41(32-17-8-11-19-35(32)44(39,3)4)46-42(45-40)47-37-20-12-9-16-31(37)33-23-26-13-5-6-14-27(26)25-38(33)47/h5-25,40H,1-4H3,(H,45,46). The van der Waals surface area contributed by atoms with Crippen LogP contribution in [-0.2, 0) is 10.8 Å². The van der Waals surface area contributed by atoms with E-state index in [-0.39, 0.29) is 16.9 Å². The second-order valence-corrected chi connectivity index (χ2v) is 14.5. The van der Waals surface area contributed by atoms with Gasteiger partial charge in [0, 0.05) is 27.2 Å².